The smallest absolute Gasteiger partial charge is 0.455 e. The molecule has 4 aromatic rings. The molecule has 0 atom stereocenters. The summed E-state index contributed by atoms with van der Waals surface area (Å²) in [7, 11) is -3.38. The van der Waals surface area contributed by atoms with Crippen molar-refractivity contribution in [3.63, 3.8) is 0 Å². The quantitative estimate of drug-likeness (QED) is 0.303. The predicted molar refractivity (Wildman–Crippen MR) is 152 cm³/mol. The van der Waals surface area contributed by atoms with E-state index in [1.807, 2.05) is 0 Å². The van der Waals surface area contributed by atoms with Crippen LogP contribution in [0.25, 0.3) is 22.3 Å². The number of anilines is 1. The largest absolute Gasteiger partial charge is 0.491 e. The summed E-state index contributed by atoms with van der Waals surface area (Å²) in [4.78, 5) is 13.1. The van der Waals surface area contributed by atoms with E-state index in [2.05, 4.69) is 5.32 Å². The van der Waals surface area contributed by atoms with Gasteiger partial charge in [0.25, 0.3) is 5.91 Å². The zero-order valence-electron chi connectivity index (χ0n) is 22.7. The lowest BCUT2D eigenvalue weighted by molar-refractivity contribution is -0.137. The number of hydrogen-bond acceptors (Lipinski definition) is 6. The van der Waals surface area contributed by atoms with Gasteiger partial charge in [-0.25, -0.2) is 8.42 Å². The molecule has 1 aromatic heterocycles. The molecule has 0 saturated heterocycles. The number of nitrogens with zero attached hydrogens (tertiary/aromatic N) is 1. The number of carbonyl (C=O) groups is 1. The zero-order valence-corrected chi connectivity index (χ0v) is 23.5. The molecule has 1 aliphatic heterocycles. The minimum absolute atomic E-state index is 0.00219. The Bertz CT molecular complexity index is 1820. The summed E-state index contributed by atoms with van der Waals surface area (Å²) < 4.78 is 78.6. The first-order chi connectivity index (χ1) is 19.8. The van der Waals surface area contributed by atoms with Crippen molar-refractivity contribution in [2.75, 3.05) is 17.6 Å². The van der Waals surface area contributed by atoms with Crippen molar-refractivity contribution >= 4 is 45.2 Å². The van der Waals surface area contributed by atoms with E-state index in [-0.39, 0.29) is 41.5 Å². The Hall–Kier alpha value is -3.81. The number of carbonyl (C=O) groups excluding carboxylic acids is 1. The van der Waals surface area contributed by atoms with Gasteiger partial charge in [0.2, 0.25) is 10.0 Å². The van der Waals surface area contributed by atoms with E-state index in [1.165, 1.54) is 23.5 Å². The maximum Gasteiger partial charge on any atom is 0.491 e. The number of alkyl halides is 3. The molecule has 218 valence electrons. The van der Waals surface area contributed by atoms with Crippen LogP contribution in [0.3, 0.4) is 0 Å². The lowest BCUT2D eigenvalue weighted by Crippen LogP contribution is -2.31. The van der Waals surface area contributed by atoms with Crippen molar-refractivity contribution < 1.29 is 40.5 Å². The number of furan rings is 1. The number of sulfonamides is 1. The SMILES string of the molecule is CNC(=O)c1c(-c2ccc(C(F)(F)F)cc2)oc2cc(N(Cc3ccc4c(c3)COB4O)S(C)(=O)=O)c(C3CC3)cc12. The molecule has 42 heavy (non-hydrogen) atoms. The molecule has 2 heterocycles. The molecule has 0 bridgehead atoms. The van der Waals surface area contributed by atoms with Crippen LogP contribution in [0.1, 0.15) is 51.4 Å². The molecule has 0 radical (unpaired) electrons. The molecule has 1 aliphatic carbocycles. The van der Waals surface area contributed by atoms with Gasteiger partial charge in [0.05, 0.1) is 36.2 Å². The first kappa shape index (κ1) is 28.3. The number of fused-ring (bicyclic) bond motifs is 2. The van der Waals surface area contributed by atoms with Gasteiger partial charge in [-0.1, -0.05) is 30.3 Å². The van der Waals surface area contributed by atoms with Crippen molar-refractivity contribution in [2.45, 2.75) is 38.1 Å². The van der Waals surface area contributed by atoms with Crippen LogP contribution < -0.4 is 15.1 Å². The van der Waals surface area contributed by atoms with E-state index < -0.39 is 34.8 Å². The molecule has 13 heteroatoms. The standard InChI is InChI=1S/C29H26BF3N2O6S/c1-34-28(36)26-22-12-21(17-4-5-17)24(13-25(22)41-27(26)18-6-8-20(9-7-18)29(31,32)33)35(42(2,38)39)14-16-3-10-23-19(11-16)15-40-30(23)37/h3,6-13,17,37H,4-5,14-15H2,1-2H3,(H,34,36). The van der Waals surface area contributed by atoms with Gasteiger partial charge in [0.1, 0.15) is 11.3 Å². The van der Waals surface area contributed by atoms with Crippen LogP contribution in [-0.2, 0) is 34.0 Å². The first-order valence-corrected chi connectivity index (χ1v) is 15.1. The minimum atomic E-state index is -4.52. The molecule has 8 nitrogen and oxygen atoms in total. The fraction of sp³-hybridized carbons (Fsp3) is 0.276. The predicted octanol–water partition coefficient (Wildman–Crippen LogP) is 4.54. The summed E-state index contributed by atoms with van der Waals surface area (Å²) in [5.41, 5.74) is 3.05. The summed E-state index contributed by atoms with van der Waals surface area (Å²) in [6, 6.07) is 12.9. The molecule has 2 aliphatic rings. The highest BCUT2D eigenvalue weighted by atomic mass is 32.2. The fourth-order valence-electron chi connectivity index (χ4n) is 5.38. The van der Waals surface area contributed by atoms with Gasteiger partial charge in [-0.2, -0.15) is 13.2 Å². The Kier molecular flexibility index (Phi) is 6.86. The van der Waals surface area contributed by atoms with Crippen molar-refractivity contribution in [1.29, 1.82) is 0 Å². The highest BCUT2D eigenvalue weighted by Crippen LogP contribution is 2.48. The zero-order chi connectivity index (χ0) is 30.0. The summed E-state index contributed by atoms with van der Waals surface area (Å²) in [5.74, 6) is -0.333. The highest BCUT2D eigenvalue weighted by molar-refractivity contribution is 7.92. The van der Waals surface area contributed by atoms with Crippen molar-refractivity contribution in [3.8, 4) is 11.3 Å². The van der Waals surface area contributed by atoms with Gasteiger partial charge in [-0.05, 0) is 59.1 Å². The number of rotatable bonds is 7. The van der Waals surface area contributed by atoms with Crippen LogP contribution in [-0.4, -0.2) is 39.8 Å². The molecule has 1 amide bonds. The Balaban J connectivity index is 1.49. The third-order valence-corrected chi connectivity index (χ3v) is 8.77. The molecule has 0 unspecified atom stereocenters. The molecule has 6 rings (SSSR count). The molecule has 1 fully saturated rings. The molecule has 3 aromatic carbocycles. The molecular formula is C29H26BF3N2O6S. The average molecular weight is 598 g/mol. The Morgan fingerprint density at radius 1 is 1.12 bits per heavy atom. The van der Waals surface area contributed by atoms with Crippen LogP contribution in [0, 0.1) is 0 Å². The fourth-order valence-corrected chi connectivity index (χ4v) is 6.28. The molecule has 2 N–H and O–H groups in total. The monoisotopic (exact) mass is 598 g/mol. The lowest BCUT2D eigenvalue weighted by Gasteiger charge is -2.25. The maximum absolute atomic E-state index is 13.2. The van der Waals surface area contributed by atoms with Gasteiger partial charge < -0.3 is 19.4 Å². The third-order valence-electron chi connectivity index (χ3n) is 7.65. The van der Waals surface area contributed by atoms with Gasteiger partial charge in [0, 0.05) is 24.1 Å². The first-order valence-electron chi connectivity index (χ1n) is 13.2. The van der Waals surface area contributed by atoms with E-state index in [0.29, 0.717) is 22.1 Å². The number of hydrogen-bond donors (Lipinski definition) is 2. The number of halogens is 3. The molecule has 0 spiro atoms. The molecular weight excluding hydrogens is 572 g/mol. The summed E-state index contributed by atoms with van der Waals surface area (Å²) >= 11 is 0. The van der Waals surface area contributed by atoms with Crippen LogP contribution in [0.4, 0.5) is 18.9 Å². The summed E-state index contributed by atoms with van der Waals surface area (Å²) in [6.45, 7) is 0.214. The second-order valence-electron chi connectivity index (χ2n) is 10.6. The van der Waals surface area contributed by atoms with Crippen LogP contribution in [0.5, 0.6) is 0 Å². The van der Waals surface area contributed by atoms with Gasteiger partial charge in [0.15, 0.2) is 0 Å². The Labute approximate surface area is 240 Å². The lowest BCUT2D eigenvalue weighted by atomic mass is 9.79. The van der Waals surface area contributed by atoms with Crippen LogP contribution in [0.15, 0.2) is 59.0 Å². The van der Waals surface area contributed by atoms with E-state index >= 15 is 0 Å². The van der Waals surface area contributed by atoms with Crippen molar-refractivity contribution in [1.82, 2.24) is 5.32 Å². The topological polar surface area (TPSA) is 109 Å². The minimum Gasteiger partial charge on any atom is -0.455 e. The van der Waals surface area contributed by atoms with E-state index in [9.17, 15) is 31.4 Å². The number of amides is 1. The third kappa shape index (κ3) is 5.16. The second kappa shape index (κ2) is 10.2. The Morgan fingerprint density at radius 2 is 1.83 bits per heavy atom. The molecule has 1 saturated carbocycles. The summed E-state index contributed by atoms with van der Waals surface area (Å²) in [6.07, 6.45) is -1.74. The number of nitrogens with one attached hydrogen (secondary N) is 1. The van der Waals surface area contributed by atoms with E-state index in [0.717, 1.165) is 42.4 Å². The van der Waals surface area contributed by atoms with E-state index in [1.54, 1.807) is 30.3 Å². The number of benzene rings is 3. The van der Waals surface area contributed by atoms with Crippen molar-refractivity contribution in [3.05, 3.63) is 82.4 Å². The van der Waals surface area contributed by atoms with Gasteiger partial charge in [-0.3, -0.25) is 9.10 Å². The van der Waals surface area contributed by atoms with Crippen LogP contribution >= 0.6 is 0 Å². The average Bonchev–Trinajstić information content (AvgIpc) is 3.63. The normalized spacial score (nSPS) is 15.2. The van der Waals surface area contributed by atoms with Crippen molar-refractivity contribution in [2.24, 2.45) is 0 Å². The summed E-state index contributed by atoms with van der Waals surface area (Å²) in [5, 5.41) is 13.0. The second-order valence-corrected chi connectivity index (χ2v) is 12.5. The highest BCUT2D eigenvalue weighted by Gasteiger charge is 2.34. The Morgan fingerprint density at radius 3 is 2.45 bits per heavy atom. The van der Waals surface area contributed by atoms with E-state index in [4.69, 9.17) is 9.07 Å². The maximum atomic E-state index is 13.2. The van der Waals surface area contributed by atoms with Gasteiger partial charge >= 0.3 is 13.3 Å². The van der Waals surface area contributed by atoms with Gasteiger partial charge in [-0.15, -0.1) is 0 Å². The van der Waals surface area contributed by atoms with Crippen LogP contribution in [0.2, 0.25) is 0 Å².